The Balaban J connectivity index is 2.56. The zero-order chi connectivity index (χ0) is 9.03. The second kappa shape index (κ2) is 3.69. The maximum absolute atomic E-state index is 10.6. The Kier molecular flexibility index (Phi) is 2.83. The molecule has 0 saturated carbocycles. The van der Waals surface area contributed by atoms with Crippen LogP contribution in [0.3, 0.4) is 0 Å². The van der Waals surface area contributed by atoms with Crippen LogP contribution < -0.4 is 0 Å². The Hall–Kier alpha value is -0.870. The van der Waals surface area contributed by atoms with E-state index < -0.39 is 10.1 Å². The minimum absolute atomic E-state index is 0.725. The monoisotopic (exact) mass is 185 g/mol. The first-order valence-corrected chi connectivity index (χ1v) is 5.16. The molecule has 0 saturated heterocycles. The van der Waals surface area contributed by atoms with Crippen molar-refractivity contribution in [1.82, 2.24) is 0 Å². The van der Waals surface area contributed by atoms with Crippen molar-refractivity contribution in [2.45, 2.75) is 0 Å². The maximum atomic E-state index is 10.6. The number of benzene rings is 1. The van der Waals surface area contributed by atoms with Gasteiger partial charge in [0.2, 0.25) is 0 Å². The van der Waals surface area contributed by atoms with E-state index in [2.05, 4.69) is 4.18 Å². The summed E-state index contributed by atoms with van der Waals surface area (Å²) in [5, 5.41) is 0. The zero-order valence-electron chi connectivity index (χ0n) is 6.60. The summed E-state index contributed by atoms with van der Waals surface area (Å²) >= 11 is 0. The van der Waals surface area contributed by atoms with Crippen molar-refractivity contribution in [3.8, 4) is 0 Å². The smallest absolute Gasteiger partial charge is 0.259 e. The third-order valence-electron chi connectivity index (χ3n) is 1.16. The van der Waals surface area contributed by atoms with Gasteiger partial charge in [-0.15, -0.1) is 0 Å². The van der Waals surface area contributed by atoms with Gasteiger partial charge in [-0.3, -0.25) is 4.18 Å². The minimum Gasteiger partial charge on any atom is -0.259 e. The summed E-state index contributed by atoms with van der Waals surface area (Å²) in [6.07, 6.45) is 1.01. The lowest BCUT2D eigenvalue weighted by Crippen LogP contribution is -2.00. The number of hydrogen-bond acceptors (Lipinski definition) is 3. The van der Waals surface area contributed by atoms with Gasteiger partial charge in [0.05, 0.1) is 6.26 Å². The van der Waals surface area contributed by atoms with Gasteiger partial charge >= 0.3 is 0 Å². The summed E-state index contributed by atoms with van der Waals surface area (Å²) in [4.78, 5) is 0. The van der Waals surface area contributed by atoms with E-state index in [9.17, 15) is 8.42 Å². The second-order valence-corrected chi connectivity index (χ2v) is 3.93. The Morgan fingerprint density at radius 2 is 1.83 bits per heavy atom. The molecular weight excluding hydrogens is 176 g/mol. The lowest BCUT2D eigenvalue weighted by Gasteiger charge is -1.98. The van der Waals surface area contributed by atoms with E-state index in [1.165, 1.54) is 6.61 Å². The van der Waals surface area contributed by atoms with Gasteiger partial charge in [0, 0.05) is 0 Å². The summed E-state index contributed by atoms with van der Waals surface area (Å²) in [7, 11) is -3.38. The molecule has 0 spiro atoms. The molecule has 0 aliphatic rings. The van der Waals surface area contributed by atoms with Crippen LogP contribution in [-0.2, 0) is 14.3 Å². The largest absolute Gasteiger partial charge is 0.265 e. The molecule has 65 valence electrons. The van der Waals surface area contributed by atoms with Gasteiger partial charge in [-0.1, -0.05) is 30.3 Å². The van der Waals surface area contributed by atoms with Crippen LogP contribution in [0.4, 0.5) is 0 Å². The predicted octanol–water partition coefficient (Wildman–Crippen LogP) is 1.17. The summed E-state index contributed by atoms with van der Waals surface area (Å²) < 4.78 is 25.6. The third kappa shape index (κ3) is 3.50. The second-order valence-electron chi connectivity index (χ2n) is 2.33. The van der Waals surface area contributed by atoms with Crippen molar-refractivity contribution in [3.05, 3.63) is 42.5 Å². The summed E-state index contributed by atoms with van der Waals surface area (Å²) in [6.45, 7) is 1.20. The van der Waals surface area contributed by atoms with Gasteiger partial charge in [0.25, 0.3) is 10.1 Å². The van der Waals surface area contributed by atoms with Gasteiger partial charge in [0.15, 0.2) is 0 Å². The predicted molar refractivity (Wildman–Crippen MR) is 45.8 cm³/mol. The normalized spacial score (nSPS) is 11.4. The summed E-state index contributed by atoms with van der Waals surface area (Å²) in [5.41, 5.74) is 0.725. The molecule has 0 heterocycles. The van der Waals surface area contributed by atoms with E-state index in [1.807, 2.05) is 6.07 Å². The molecule has 1 aromatic carbocycles. The van der Waals surface area contributed by atoms with Crippen LogP contribution in [0.5, 0.6) is 0 Å². The Bertz CT molecular complexity index is 329. The SMILES string of the molecule is CS(=O)(=O)O[CH]c1ccccc1. The maximum Gasteiger partial charge on any atom is 0.265 e. The molecule has 0 aliphatic heterocycles. The molecule has 0 aliphatic carbocycles. The quantitative estimate of drug-likeness (QED) is 0.664. The molecule has 1 radical (unpaired) electrons. The van der Waals surface area contributed by atoms with Crippen LogP contribution in [-0.4, -0.2) is 14.7 Å². The van der Waals surface area contributed by atoms with Crippen molar-refractivity contribution in [2.75, 3.05) is 6.26 Å². The first-order chi connectivity index (χ1) is 5.58. The van der Waals surface area contributed by atoms with Crippen molar-refractivity contribution in [3.63, 3.8) is 0 Å². The van der Waals surface area contributed by atoms with Gasteiger partial charge in [-0.2, -0.15) is 8.42 Å². The lowest BCUT2D eigenvalue weighted by molar-refractivity contribution is 0.414. The molecule has 1 aromatic rings. The van der Waals surface area contributed by atoms with Crippen molar-refractivity contribution in [1.29, 1.82) is 0 Å². The van der Waals surface area contributed by atoms with Crippen LogP contribution >= 0.6 is 0 Å². The topological polar surface area (TPSA) is 43.4 Å². The van der Waals surface area contributed by atoms with E-state index in [1.54, 1.807) is 24.3 Å². The number of rotatable bonds is 3. The highest BCUT2D eigenvalue weighted by molar-refractivity contribution is 7.86. The van der Waals surface area contributed by atoms with Gasteiger partial charge in [-0.25, -0.2) is 0 Å². The molecule has 0 unspecified atom stereocenters. The van der Waals surface area contributed by atoms with E-state index in [0.717, 1.165) is 11.8 Å². The van der Waals surface area contributed by atoms with Gasteiger partial charge in [0.1, 0.15) is 6.61 Å². The fourth-order valence-electron chi connectivity index (χ4n) is 0.675. The zero-order valence-corrected chi connectivity index (χ0v) is 7.41. The first-order valence-electron chi connectivity index (χ1n) is 3.34. The molecule has 4 heteroatoms. The van der Waals surface area contributed by atoms with Crippen LogP contribution in [0, 0.1) is 6.61 Å². The Morgan fingerprint density at radius 1 is 1.25 bits per heavy atom. The van der Waals surface area contributed by atoms with E-state index in [-0.39, 0.29) is 0 Å². The van der Waals surface area contributed by atoms with Crippen LogP contribution in [0.15, 0.2) is 30.3 Å². The third-order valence-corrected chi connectivity index (χ3v) is 1.60. The van der Waals surface area contributed by atoms with Gasteiger partial charge < -0.3 is 0 Å². The van der Waals surface area contributed by atoms with E-state index in [4.69, 9.17) is 0 Å². The van der Waals surface area contributed by atoms with Crippen LogP contribution in [0.25, 0.3) is 0 Å². The average molecular weight is 185 g/mol. The molecule has 0 amide bonds. The fraction of sp³-hybridized carbons (Fsp3) is 0.125. The molecule has 0 aromatic heterocycles. The molecule has 0 N–H and O–H groups in total. The average Bonchev–Trinajstić information content (AvgIpc) is 2.02. The van der Waals surface area contributed by atoms with Gasteiger partial charge in [-0.05, 0) is 5.56 Å². The Morgan fingerprint density at radius 3 is 2.33 bits per heavy atom. The standard InChI is InChI=1S/C8H9O3S/c1-12(9,10)11-7-8-5-3-2-4-6-8/h2-7H,1H3. The molecule has 12 heavy (non-hydrogen) atoms. The van der Waals surface area contributed by atoms with Crippen molar-refractivity contribution in [2.24, 2.45) is 0 Å². The molecule has 0 bridgehead atoms. The molecule has 0 atom stereocenters. The first kappa shape index (κ1) is 9.22. The van der Waals surface area contributed by atoms with E-state index in [0.29, 0.717) is 0 Å². The molecule has 0 fully saturated rings. The van der Waals surface area contributed by atoms with Crippen molar-refractivity contribution >= 4 is 10.1 Å². The summed E-state index contributed by atoms with van der Waals surface area (Å²) in [6, 6.07) is 8.96. The highest BCUT2D eigenvalue weighted by Gasteiger charge is 2.01. The minimum atomic E-state index is -3.38. The fourth-order valence-corrected chi connectivity index (χ4v) is 0.960. The highest BCUT2D eigenvalue weighted by atomic mass is 32.2. The van der Waals surface area contributed by atoms with E-state index >= 15 is 0 Å². The number of hydrogen-bond donors (Lipinski definition) is 0. The van der Waals surface area contributed by atoms with Crippen LogP contribution in [0.2, 0.25) is 0 Å². The molecule has 1 rings (SSSR count). The molecule has 3 nitrogen and oxygen atoms in total. The molecular formula is C8H9O3S. The lowest BCUT2D eigenvalue weighted by atomic mass is 10.2. The highest BCUT2D eigenvalue weighted by Crippen LogP contribution is 2.04. The Labute approximate surface area is 72.1 Å². The summed E-state index contributed by atoms with van der Waals surface area (Å²) in [5.74, 6) is 0. The van der Waals surface area contributed by atoms with Crippen LogP contribution in [0.1, 0.15) is 5.56 Å². The van der Waals surface area contributed by atoms with Crippen molar-refractivity contribution < 1.29 is 12.6 Å².